The number of hydrogen-bond donors (Lipinski definition) is 2. The Morgan fingerprint density at radius 1 is 1.40 bits per heavy atom. The van der Waals surface area contributed by atoms with Gasteiger partial charge in [-0.15, -0.1) is 0 Å². The van der Waals surface area contributed by atoms with Gasteiger partial charge in [-0.25, -0.2) is 4.79 Å². The summed E-state index contributed by atoms with van der Waals surface area (Å²) in [5.41, 5.74) is 1.87. The van der Waals surface area contributed by atoms with E-state index in [1.807, 2.05) is 6.92 Å². The van der Waals surface area contributed by atoms with Gasteiger partial charge in [0.25, 0.3) is 0 Å². The van der Waals surface area contributed by atoms with Gasteiger partial charge in [0.15, 0.2) is 0 Å². The van der Waals surface area contributed by atoms with Gasteiger partial charge in [0.2, 0.25) is 5.91 Å². The van der Waals surface area contributed by atoms with Gasteiger partial charge in [-0.2, -0.15) is 0 Å². The molecule has 1 aromatic carbocycles. The standard InChI is InChI=1S/C15H20N2O3/c1-9(11-7-16-8-11)14(18)17-13-6-4-5-12(10(13)2)15(19)20-3/h4-6,9,11,16H,7-8H2,1-3H3,(H,17,18). The van der Waals surface area contributed by atoms with Crippen molar-refractivity contribution in [2.24, 2.45) is 11.8 Å². The SMILES string of the molecule is COC(=O)c1cccc(NC(=O)C(C)C2CNC2)c1C. The Bertz CT molecular complexity index is 524. The van der Waals surface area contributed by atoms with Crippen LogP contribution in [-0.2, 0) is 9.53 Å². The van der Waals surface area contributed by atoms with Gasteiger partial charge in [0, 0.05) is 11.6 Å². The summed E-state index contributed by atoms with van der Waals surface area (Å²) in [6.07, 6.45) is 0. The number of esters is 1. The molecule has 0 aromatic heterocycles. The van der Waals surface area contributed by atoms with Crippen molar-refractivity contribution in [3.8, 4) is 0 Å². The highest BCUT2D eigenvalue weighted by Gasteiger charge is 2.29. The third-order valence-corrected chi connectivity index (χ3v) is 3.93. The van der Waals surface area contributed by atoms with Crippen LogP contribution in [0.2, 0.25) is 0 Å². The van der Waals surface area contributed by atoms with E-state index in [1.54, 1.807) is 25.1 Å². The molecule has 0 spiro atoms. The zero-order chi connectivity index (χ0) is 14.7. The number of carbonyl (C=O) groups excluding carboxylic acids is 2. The molecule has 5 nitrogen and oxygen atoms in total. The zero-order valence-electron chi connectivity index (χ0n) is 12.0. The third kappa shape index (κ3) is 2.82. The first-order valence-corrected chi connectivity index (χ1v) is 6.74. The van der Waals surface area contributed by atoms with Crippen molar-refractivity contribution in [3.05, 3.63) is 29.3 Å². The van der Waals surface area contributed by atoms with Crippen molar-refractivity contribution in [1.82, 2.24) is 5.32 Å². The fourth-order valence-corrected chi connectivity index (χ4v) is 2.23. The fraction of sp³-hybridized carbons (Fsp3) is 0.467. The van der Waals surface area contributed by atoms with Crippen LogP contribution < -0.4 is 10.6 Å². The molecular weight excluding hydrogens is 256 g/mol. The van der Waals surface area contributed by atoms with Crippen molar-refractivity contribution >= 4 is 17.6 Å². The lowest BCUT2D eigenvalue weighted by molar-refractivity contribution is -0.121. The van der Waals surface area contributed by atoms with Crippen LogP contribution in [-0.4, -0.2) is 32.1 Å². The fourth-order valence-electron chi connectivity index (χ4n) is 2.23. The maximum absolute atomic E-state index is 12.2. The summed E-state index contributed by atoms with van der Waals surface area (Å²) < 4.78 is 4.73. The molecule has 5 heteroatoms. The third-order valence-electron chi connectivity index (χ3n) is 3.93. The molecule has 108 valence electrons. The first-order chi connectivity index (χ1) is 9.54. The summed E-state index contributed by atoms with van der Waals surface area (Å²) in [6.45, 7) is 5.50. The molecule has 1 saturated heterocycles. The van der Waals surface area contributed by atoms with Crippen molar-refractivity contribution in [1.29, 1.82) is 0 Å². The van der Waals surface area contributed by atoms with Crippen LogP contribution in [0.1, 0.15) is 22.8 Å². The van der Waals surface area contributed by atoms with Crippen molar-refractivity contribution in [2.75, 3.05) is 25.5 Å². The van der Waals surface area contributed by atoms with Crippen molar-refractivity contribution in [3.63, 3.8) is 0 Å². The van der Waals surface area contributed by atoms with Crippen LogP contribution in [0.4, 0.5) is 5.69 Å². The van der Waals surface area contributed by atoms with E-state index in [1.165, 1.54) is 7.11 Å². The van der Waals surface area contributed by atoms with Gasteiger partial charge >= 0.3 is 5.97 Å². The van der Waals surface area contributed by atoms with Gasteiger partial charge in [-0.1, -0.05) is 13.0 Å². The molecule has 1 amide bonds. The number of anilines is 1. The first kappa shape index (κ1) is 14.5. The molecule has 1 heterocycles. The van der Waals surface area contributed by atoms with Crippen LogP contribution in [0.25, 0.3) is 0 Å². The molecule has 1 aromatic rings. The second-order valence-electron chi connectivity index (χ2n) is 5.17. The Hall–Kier alpha value is -1.88. The summed E-state index contributed by atoms with van der Waals surface area (Å²) in [7, 11) is 1.35. The molecule has 20 heavy (non-hydrogen) atoms. The largest absolute Gasteiger partial charge is 0.465 e. The maximum Gasteiger partial charge on any atom is 0.338 e. The minimum absolute atomic E-state index is 0.0124. The number of hydrogen-bond acceptors (Lipinski definition) is 4. The van der Waals surface area contributed by atoms with E-state index in [-0.39, 0.29) is 11.8 Å². The van der Waals surface area contributed by atoms with E-state index < -0.39 is 5.97 Å². The monoisotopic (exact) mass is 276 g/mol. The second-order valence-corrected chi connectivity index (χ2v) is 5.17. The van der Waals surface area contributed by atoms with E-state index in [0.29, 0.717) is 17.2 Å². The summed E-state index contributed by atoms with van der Waals surface area (Å²) in [5, 5.41) is 6.07. The van der Waals surface area contributed by atoms with E-state index in [9.17, 15) is 9.59 Å². The summed E-state index contributed by atoms with van der Waals surface area (Å²) in [6, 6.07) is 5.23. The molecule has 1 atom stereocenters. The normalized spacial score (nSPS) is 16.1. The molecular formula is C15H20N2O3. The average Bonchev–Trinajstić information content (AvgIpc) is 2.38. The predicted molar refractivity (Wildman–Crippen MR) is 76.7 cm³/mol. The minimum atomic E-state index is -0.394. The van der Waals surface area contributed by atoms with Gasteiger partial charge in [0.05, 0.1) is 12.7 Å². The van der Waals surface area contributed by atoms with Gasteiger partial charge < -0.3 is 15.4 Å². The number of rotatable bonds is 4. The highest BCUT2D eigenvalue weighted by Crippen LogP contribution is 2.22. The Morgan fingerprint density at radius 3 is 2.65 bits per heavy atom. The molecule has 1 fully saturated rings. The highest BCUT2D eigenvalue weighted by atomic mass is 16.5. The number of carbonyl (C=O) groups is 2. The van der Waals surface area contributed by atoms with E-state index >= 15 is 0 Å². The zero-order valence-corrected chi connectivity index (χ0v) is 12.0. The quantitative estimate of drug-likeness (QED) is 0.819. The van der Waals surface area contributed by atoms with Crippen LogP contribution in [0.15, 0.2) is 18.2 Å². The molecule has 0 radical (unpaired) electrons. The number of nitrogens with one attached hydrogen (secondary N) is 2. The van der Waals surface area contributed by atoms with Gasteiger partial charge in [0.1, 0.15) is 0 Å². The topological polar surface area (TPSA) is 67.4 Å². The molecule has 1 aliphatic heterocycles. The van der Waals surface area contributed by atoms with Gasteiger partial charge in [-0.3, -0.25) is 4.79 Å². The molecule has 2 N–H and O–H groups in total. The molecule has 0 aliphatic carbocycles. The number of amides is 1. The summed E-state index contributed by atoms with van der Waals surface area (Å²) in [5.74, 6) is -0.0621. The Morgan fingerprint density at radius 2 is 2.10 bits per heavy atom. The summed E-state index contributed by atoms with van der Waals surface area (Å²) >= 11 is 0. The van der Waals surface area contributed by atoms with E-state index in [4.69, 9.17) is 4.74 Å². The molecule has 0 saturated carbocycles. The van der Waals surface area contributed by atoms with Crippen molar-refractivity contribution < 1.29 is 14.3 Å². The highest BCUT2D eigenvalue weighted by molar-refractivity contribution is 5.97. The van der Waals surface area contributed by atoms with Crippen molar-refractivity contribution in [2.45, 2.75) is 13.8 Å². The predicted octanol–water partition coefficient (Wildman–Crippen LogP) is 1.58. The lowest BCUT2D eigenvalue weighted by Gasteiger charge is -2.31. The van der Waals surface area contributed by atoms with E-state index in [0.717, 1.165) is 18.7 Å². The van der Waals surface area contributed by atoms with Crippen LogP contribution in [0, 0.1) is 18.8 Å². The minimum Gasteiger partial charge on any atom is -0.465 e. The Balaban J connectivity index is 2.12. The molecule has 2 rings (SSSR count). The Labute approximate surface area is 118 Å². The average molecular weight is 276 g/mol. The lowest BCUT2D eigenvalue weighted by Crippen LogP contribution is -2.48. The second kappa shape index (κ2) is 6.05. The van der Waals surface area contributed by atoms with Crippen LogP contribution in [0.3, 0.4) is 0 Å². The smallest absolute Gasteiger partial charge is 0.338 e. The number of methoxy groups -OCH3 is 1. The molecule has 1 unspecified atom stereocenters. The molecule has 0 bridgehead atoms. The Kier molecular flexibility index (Phi) is 4.39. The molecule has 1 aliphatic rings. The van der Waals surface area contributed by atoms with Gasteiger partial charge in [-0.05, 0) is 43.6 Å². The van der Waals surface area contributed by atoms with Crippen LogP contribution >= 0.6 is 0 Å². The lowest BCUT2D eigenvalue weighted by atomic mass is 9.88. The van der Waals surface area contributed by atoms with Crippen LogP contribution in [0.5, 0.6) is 0 Å². The first-order valence-electron chi connectivity index (χ1n) is 6.74. The number of benzene rings is 1. The summed E-state index contributed by atoms with van der Waals surface area (Å²) in [4.78, 5) is 23.8. The number of ether oxygens (including phenoxy) is 1. The maximum atomic E-state index is 12.2. The van der Waals surface area contributed by atoms with E-state index in [2.05, 4.69) is 10.6 Å².